The van der Waals surface area contributed by atoms with Crippen LogP contribution in [0.15, 0.2) is 65.8 Å². The minimum Gasteiger partial charge on any atom is -0.497 e. The van der Waals surface area contributed by atoms with E-state index in [2.05, 4.69) is 0 Å². The molecule has 2 atom stereocenters. The van der Waals surface area contributed by atoms with E-state index in [9.17, 15) is 4.39 Å². The second-order valence-corrected chi connectivity index (χ2v) is 8.04. The Morgan fingerprint density at radius 1 is 1.03 bits per heavy atom. The van der Waals surface area contributed by atoms with Crippen molar-refractivity contribution in [3.63, 3.8) is 0 Å². The molecule has 0 unspecified atom stereocenters. The number of fused-ring (bicyclic) bond motifs is 3. The minimum absolute atomic E-state index is 0.103. The van der Waals surface area contributed by atoms with Crippen molar-refractivity contribution in [1.82, 2.24) is 5.01 Å². The Hall–Kier alpha value is -2.76. The maximum atomic E-state index is 14.0. The van der Waals surface area contributed by atoms with Gasteiger partial charge in [-0.25, -0.2) is 9.40 Å². The Labute approximate surface area is 183 Å². The lowest BCUT2D eigenvalue weighted by molar-refractivity contribution is -0.0191. The predicted octanol–water partition coefficient (Wildman–Crippen LogP) is 6.38. The third kappa shape index (κ3) is 3.28. The first kappa shape index (κ1) is 19.2. The van der Waals surface area contributed by atoms with Crippen LogP contribution in [0, 0.1) is 5.82 Å². The van der Waals surface area contributed by atoms with E-state index in [0.29, 0.717) is 27.8 Å². The second-order valence-electron chi connectivity index (χ2n) is 7.19. The van der Waals surface area contributed by atoms with Gasteiger partial charge in [0.15, 0.2) is 0 Å². The van der Waals surface area contributed by atoms with E-state index in [1.165, 1.54) is 18.2 Å². The van der Waals surface area contributed by atoms with Gasteiger partial charge in [-0.1, -0.05) is 23.2 Å². The lowest BCUT2D eigenvalue weighted by atomic mass is 9.96. The summed E-state index contributed by atoms with van der Waals surface area (Å²) in [6.07, 6.45) is 0.00884. The predicted molar refractivity (Wildman–Crippen MR) is 115 cm³/mol. The molecular weight excluding hydrogens is 426 g/mol. The van der Waals surface area contributed by atoms with E-state index in [0.717, 1.165) is 22.6 Å². The fraction of sp³-hybridized carbons (Fsp3) is 0.174. The van der Waals surface area contributed by atoms with Gasteiger partial charge in [-0.2, -0.15) is 5.10 Å². The van der Waals surface area contributed by atoms with Gasteiger partial charge in [-0.15, -0.1) is 0 Å². The van der Waals surface area contributed by atoms with Crippen LogP contribution in [0.3, 0.4) is 0 Å². The molecule has 2 heterocycles. The third-order valence-electron chi connectivity index (χ3n) is 5.40. The molecule has 2 aliphatic heterocycles. The Balaban J connectivity index is 1.61. The van der Waals surface area contributed by atoms with Gasteiger partial charge in [0, 0.05) is 27.6 Å². The summed E-state index contributed by atoms with van der Waals surface area (Å²) in [6, 6.07) is 17.4. The average Bonchev–Trinajstić information content (AvgIpc) is 3.21. The van der Waals surface area contributed by atoms with Crippen LogP contribution in [-0.2, 0) is 0 Å². The second kappa shape index (κ2) is 7.49. The topological polar surface area (TPSA) is 34.1 Å². The average molecular weight is 443 g/mol. The number of benzene rings is 3. The number of nitrogens with zero attached hydrogens (tertiary/aromatic N) is 2. The fourth-order valence-corrected chi connectivity index (χ4v) is 4.32. The van der Waals surface area contributed by atoms with Gasteiger partial charge in [0.2, 0.25) is 6.23 Å². The summed E-state index contributed by atoms with van der Waals surface area (Å²) in [5, 5.41) is 7.74. The standard InChI is InChI=1S/C23H17Cl2FN2O2/c1-29-16-6-2-13(3-7-16)20-12-21-18-10-14(24)4-9-22(18)30-23(28(21)27-20)17-11-15(26)5-8-19(17)25/h2-11,21,23H,12H2,1H3/t21-,23-/m0/s1. The molecule has 5 rings (SSSR count). The van der Waals surface area contributed by atoms with Crippen molar-refractivity contribution >= 4 is 28.9 Å². The van der Waals surface area contributed by atoms with Crippen molar-refractivity contribution in [3.8, 4) is 11.5 Å². The van der Waals surface area contributed by atoms with Crippen LogP contribution in [0.4, 0.5) is 4.39 Å². The maximum absolute atomic E-state index is 14.0. The SMILES string of the molecule is COc1ccc(C2=NN3[C@@H](C2)c2cc(Cl)ccc2O[C@H]3c2cc(F)ccc2Cl)cc1. The molecule has 0 spiro atoms. The first-order valence-corrected chi connectivity index (χ1v) is 10.2. The molecule has 0 N–H and O–H groups in total. The van der Waals surface area contributed by atoms with Gasteiger partial charge in [0.05, 0.1) is 18.9 Å². The lowest BCUT2D eigenvalue weighted by Crippen LogP contribution is -2.34. The molecule has 0 saturated carbocycles. The van der Waals surface area contributed by atoms with Crippen LogP contribution in [0.25, 0.3) is 0 Å². The molecule has 0 aliphatic carbocycles. The van der Waals surface area contributed by atoms with E-state index in [4.69, 9.17) is 37.8 Å². The van der Waals surface area contributed by atoms with Gasteiger partial charge in [0.1, 0.15) is 17.3 Å². The highest BCUT2D eigenvalue weighted by Gasteiger charge is 2.41. The Morgan fingerprint density at radius 3 is 2.60 bits per heavy atom. The molecule has 0 radical (unpaired) electrons. The van der Waals surface area contributed by atoms with Gasteiger partial charge in [-0.3, -0.25) is 0 Å². The molecule has 3 aromatic carbocycles. The number of hydrogen-bond donors (Lipinski definition) is 0. The van der Waals surface area contributed by atoms with Crippen molar-refractivity contribution in [1.29, 1.82) is 0 Å². The number of halogens is 3. The lowest BCUT2D eigenvalue weighted by Gasteiger charge is -2.38. The van der Waals surface area contributed by atoms with Crippen molar-refractivity contribution in [2.75, 3.05) is 7.11 Å². The van der Waals surface area contributed by atoms with Crippen molar-refractivity contribution in [3.05, 3.63) is 93.2 Å². The monoisotopic (exact) mass is 442 g/mol. The molecule has 3 aromatic rings. The Morgan fingerprint density at radius 2 is 1.83 bits per heavy atom. The quantitative estimate of drug-likeness (QED) is 0.471. The van der Waals surface area contributed by atoms with Crippen LogP contribution in [0.1, 0.15) is 35.4 Å². The van der Waals surface area contributed by atoms with Crippen LogP contribution in [-0.4, -0.2) is 17.8 Å². The highest BCUT2D eigenvalue weighted by Crippen LogP contribution is 2.49. The first-order chi connectivity index (χ1) is 14.5. The zero-order chi connectivity index (χ0) is 20.8. The zero-order valence-corrected chi connectivity index (χ0v) is 17.5. The molecule has 7 heteroatoms. The third-order valence-corrected chi connectivity index (χ3v) is 5.98. The van der Waals surface area contributed by atoms with Crippen LogP contribution >= 0.6 is 23.2 Å². The number of ether oxygens (including phenoxy) is 2. The normalized spacial score (nSPS) is 19.6. The summed E-state index contributed by atoms with van der Waals surface area (Å²) >= 11 is 12.7. The number of hydrazone groups is 1. The molecule has 152 valence electrons. The van der Waals surface area contributed by atoms with Crippen LogP contribution < -0.4 is 9.47 Å². The van der Waals surface area contributed by atoms with E-state index < -0.39 is 6.23 Å². The summed E-state index contributed by atoms with van der Waals surface area (Å²) in [5.74, 6) is 1.09. The van der Waals surface area contributed by atoms with E-state index in [1.54, 1.807) is 13.2 Å². The van der Waals surface area contributed by atoms with Gasteiger partial charge >= 0.3 is 0 Å². The smallest absolute Gasteiger partial charge is 0.215 e. The molecule has 2 aliphatic rings. The fourth-order valence-electron chi connectivity index (χ4n) is 3.93. The van der Waals surface area contributed by atoms with Crippen molar-refractivity contribution < 1.29 is 13.9 Å². The maximum Gasteiger partial charge on any atom is 0.215 e. The largest absolute Gasteiger partial charge is 0.497 e. The van der Waals surface area contributed by atoms with Gasteiger partial charge in [-0.05, 0) is 66.2 Å². The van der Waals surface area contributed by atoms with E-state index >= 15 is 0 Å². The molecule has 0 aromatic heterocycles. The van der Waals surface area contributed by atoms with Crippen molar-refractivity contribution in [2.45, 2.75) is 18.7 Å². The summed E-state index contributed by atoms with van der Waals surface area (Å²) in [5.41, 5.74) is 3.36. The summed E-state index contributed by atoms with van der Waals surface area (Å²) in [4.78, 5) is 0. The number of hydrogen-bond acceptors (Lipinski definition) is 4. The van der Waals surface area contributed by atoms with Crippen LogP contribution in [0.2, 0.25) is 10.0 Å². The molecule has 0 bridgehead atoms. The molecular formula is C23H17Cl2FN2O2. The summed E-state index contributed by atoms with van der Waals surface area (Å²) < 4.78 is 25.5. The van der Waals surface area contributed by atoms with Gasteiger partial charge < -0.3 is 9.47 Å². The summed E-state index contributed by atoms with van der Waals surface area (Å²) in [7, 11) is 1.63. The molecule has 30 heavy (non-hydrogen) atoms. The molecule has 4 nitrogen and oxygen atoms in total. The minimum atomic E-state index is -0.650. The Bertz CT molecular complexity index is 1150. The van der Waals surface area contributed by atoms with E-state index in [1.807, 2.05) is 41.4 Å². The summed E-state index contributed by atoms with van der Waals surface area (Å²) in [6.45, 7) is 0. The van der Waals surface area contributed by atoms with Gasteiger partial charge in [0.25, 0.3) is 0 Å². The molecule has 0 amide bonds. The number of methoxy groups -OCH3 is 1. The van der Waals surface area contributed by atoms with E-state index in [-0.39, 0.29) is 11.9 Å². The highest BCUT2D eigenvalue weighted by molar-refractivity contribution is 6.31. The Kier molecular flexibility index (Phi) is 4.80. The zero-order valence-electron chi connectivity index (χ0n) is 16.0. The van der Waals surface area contributed by atoms with Crippen molar-refractivity contribution in [2.24, 2.45) is 5.10 Å². The molecule has 0 saturated heterocycles. The first-order valence-electron chi connectivity index (χ1n) is 9.45. The number of rotatable bonds is 3. The van der Waals surface area contributed by atoms with Crippen LogP contribution in [0.5, 0.6) is 11.5 Å². The highest BCUT2D eigenvalue weighted by atomic mass is 35.5. The molecule has 0 fully saturated rings.